The number of aromatic nitrogens is 3. The lowest BCUT2D eigenvalue weighted by Gasteiger charge is -2.16. The van der Waals surface area contributed by atoms with E-state index in [0.717, 1.165) is 56.6 Å². The van der Waals surface area contributed by atoms with E-state index in [9.17, 15) is 4.79 Å². The normalized spacial score (nSPS) is 12.2. The summed E-state index contributed by atoms with van der Waals surface area (Å²) in [5, 5.41) is 11.3. The Bertz CT molecular complexity index is 919. The quantitative estimate of drug-likeness (QED) is 0.147. The highest BCUT2D eigenvalue weighted by molar-refractivity contribution is 7.80. The van der Waals surface area contributed by atoms with Crippen LogP contribution in [-0.4, -0.2) is 45.7 Å². The van der Waals surface area contributed by atoms with Crippen LogP contribution in [0, 0.1) is 0 Å². The maximum absolute atomic E-state index is 12.0. The number of carbonyl (C=O) groups excluding carboxylic acids is 1. The van der Waals surface area contributed by atoms with Crippen LogP contribution in [-0.2, 0) is 28.9 Å². The molecule has 0 aliphatic heterocycles. The molecule has 0 aliphatic carbocycles. The summed E-state index contributed by atoms with van der Waals surface area (Å²) in [6, 6.07) is 10.4. The number of carbonyl (C=O) groups is 1. The van der Waals surface area contributed by atoms with Gasteiger partial charge < -0.3 is 14.6 Å². The molecule has 1 heterocycles. The number of hydrogen-bond acceptors (Lipinski definition) is 5. The van der Waals surface area contributed by atoms with Crippen LogP contribution < -0.4 is 5.32 Å². The number of thiol groups is 1. The number of ether oxygens (including phenoxy) is 1. The third-order valence-corrected chi connectivity index (χ3v) is 6.14. The van der Waals surface area contributed by atoms with Gasteiger partial charge in [0.25, 0.3) is 0 Å². The van der Waals surface area contributed by atoms with Crippen LogP contribution in [0.15, 0.2) is 73.1 Å². The number of nitrogens with zero attached hydrogens (tertiary/aromatic N) is 3. The first-order valence-electron chi connectivity index (χ1n) is 13.4. The van der Waals surface area contributed by atoms with Gasteiger partial charge in [0.05, 0.1) is 6.10 Å². The second-order valence-corrected chi connectivity index (χ2v) is 8.99. The van der Waals surface area contributed by atoms with Crippen molar-refractivity contribution in [1.29, 1.82) is 0 Å². The van der Waals surface area contributed by atoms with Crippen LogP contribution in [0.1, 0.15) is 64.3 Å². The van der Waals surface area contributed by atoms with E-state index >= 15 is 0 Å². The molecule has 1 aromatic heterocycles. The Kier molecular flexibility index (Phi) is 18.8. The van der Waals surface area contributed by atoms with Gasteiger partial charge >= 0.3 is 0 Å². The molecular formula is C30H46N4O2S. The minimum absolute atomic E-state index is 0.103. The maximum atomic E-state index is 12.0. The molecular weight excluding hydrogens is 480 g/mol. The summed E-state index contributed by atoms with van der Waals surface area (Å²) < 4.78 is 7.76. The van der Waals surface area contributed by atoms with E-state index in [0.29, 0.717) is 19.6 Å². The zero-order valence-electron chi connectivity index (χ0n) is 22.9. The van der Waals surface area contributed by atoms with Crippen molar-refractivity contribution >= 4 is 18.5 Å². The first-order chi connectivity index (χ1) is 18.1. The van der Waals surface area contributed by atoms with E-state index in [1.54, 1.807) is 12.4 Å². The minimum Gasteiger partial charge on any atom is -0.377 e. The highest BCUT2D eigenvalue weighted by atomic mass is 32.1. The van der Waals surface area contributed by atoms with E-state index in [-0.39, 0.29) is 12.0 Å². The van der Waals surface area contributed by atoms with Crippen molar-refractivity contribution < 1.29 is 9.53 Å². The maximum Gasteiger partial charge on any atom is 0.220 e. The predicted octanol–water partition coefficient (Wildman–Crippen LogP) is 6.16. The molecule has 0 fully saturated rings. The van der Waals surface area contributed by atoms with Gasteiger partial charge in [-0.3, -0.25) is 4.79 Å². The van der Waals surface area contributed by atoms with Crippen LogP contribution >= 0.6 is 12.6 Å². The van der Waals surface area contributed by atoms with Gasteiger partial charge in [0.15, 0.2) is 0 Å². The van der Waals surface area contributed by atoms with Crippen molar-refractivity contribution in [3.63, 3.8) is 0 Å². The number of aryl methyl sites for hydroxylation is 3. The van der Waals surface area contributed by atoms with E-state index in [1.807, 2.05) is 38.1 Å². The van der Waals surface area contributed by atoms with Crippen LogP contribution in [0.2, 0.25) is 0 Å². The predicted molar refractivity (Wildman–Crippen MR) is 158 cm³/mol. The molecule has 2 rings (SSSR count). The Morgan fingerprint density at radius 3 is 2.65 bits per heavy atom. The van der Waals surface area contributed by atoms with Gasteiger partial charge in [0.2, 0.25) is 5.91 Å². The first kappa shape index (κ1) is 32.4. The van der Waals surface area contributed by atoms with Crippen LogP contribution in [0.3, 0.4) is 0 Å². The molecule has 0 spiro atoms. The topological polar surface area (TPSA) is 69.0 Å². The molecule has 1 N–H and O–H groups in total. The summed E-state index contributed by atoms with van der Waals surface area (Å²) in [7, 11) is 0. The van der Waals surface area contributed by atoms with Crippen LogP contribution in [0.5, 0.6) is 0 Å². The molecule has 1 amide bonds. The molecule has 0 radical (unpaired) electrons. The van der Waals surface area contributed by atoms with Crippen molar-refractivity contribution in [2.75, 3.05) is 18.9 Å². The second kappa shape index (κ2) is 21.4. The highest BCUT2D eigenvalue weighted by Gasteiger charge is 2.10. The molecule has 2 aromatic rings. The molecule has 0 aliphatic rings. The van der Waals surface area contributed by atoms with Crippen molar-refractivity contribution in [2.24, 2.45) is 0 Å². The number of benzene rings is 1. The number of unbranched alkanes of at least 4 members (excludes halogenated alkanes) is 1. The summed E-state index contributed by atoms with van der Waals surface area (Å²) in [5.41, 5.74) is 2.53. The van der Waals surface area contributed by atoms with Gasteiger partial charge in [-0.25, -0.2) is 0 Å². The van der Waals surface area contributed by atoms with Crippen molar-refractivity contribution in [1.82, 2.24) is 20.1 Å². The van der Waals surface area contributed by atoms with Crippen molar-refractivity contribution in [2.45, 2.75) is 78.4 Å². The number of hydrogen-bond donors (Lipinski definition) is 2. The summed E-state index contributed by atoms with van der Waals surface area (Å²) in [4.78, 5) is 12.0. The smallest absolute Gasteiger partial charge is 0.220 e. The molecule has 0 saturated carbocycles. The minimum atomic E-state index is 0.103. The fourth-order valence-corrected chi connectivity index (χ4v) is 3.96. The lowest BCUT2D eigenvalue weighted by molar-refractivity contribution is -0.121. The summed E-state index contributed by atoms with van der Waals surface area (Å²) >= 11 is 4.11. The van der Waals surface area contributed by atoms with E-state index < -0.39 is 0 Å². The van der Waals surface area contributed by atoms with Gasteiger partial charge in [-0.15, -0.1) is 10.2 Å². The number of amides is 1. The van der Waals surface area contributed by atoms with Gasteiger partial charge in [-0.2, -0.15) is 12.6 Å². The Morgan fingerprint density at radius 2 is 2.00 bits per heavy atom. The molecule has 0 saturated heterocycles. The van der Waals surface area contributed by atoms with Gasteiger partial charge in [0.1, 0.15) is 12.2 Å². The fraction of sp³-hybridized carbons (Fsp3) is 0.500. The van der Waals surface area contributed by atoms with Gasteiger partial charge in [0, 0.05) is 38.3 Å². The third kappa shape index (κ3) is 15.3. The Hall–Kier alpha value is -2.64. The molecule has 6 nitrogen and oxygen atoms in total. The molecule has 1 aromatic carbocycles. The highest BCUT2D eigenvalue weighted by Crippen LogP contribution is 2.08. The largest absolute Gasteiger partial charge is 0.377 e. The third-order valence-electron chi connectivity index (χ3n) is 5.77. The molecule has 37 heavy (non-hydrogen) atoms. The molecule has 1 unspecified atom stereocenters. The zero-order valence-corrected chi connectivity index (χ0v) is 23.8. The SMILES string of the molecule is C=C/C=C\C(=C/C)CS.CCCC(CNC(=O)CCCCc1nncn1CCc1ccccc1)OCC. The van der Waals surface area contributed by atoms with Crippen LogP contribution in [0.4, 0.5) is 0 Å². The lowest BCUT2D eigenvalue weighted by atomic mass is 10.1. The lowest BCUT2D eigenvalue weighted by Crippen LogP contribution is -2.33. The van der Waals surface area contributed by atoms with Crippen molar-refractivity contribution in [3.05, 3.63) is 84.5 Å². The van der Waals surface area contributed by atoms with Gasteiger partial charge in [-0.05, 0) is 50.7 Å². The fourth-order valence-electron chi connectivity index (χ4n) is 3.67. The number of allylic oxidation sites excluding steroid dienone is 4. The standard InChI is InChI=1S/C22H34N4O2.C8H12S/c1-3-10-20(28-4-2)17-23-22(27)14-9-8-13-21-25-24-18-26(21)16-15-19-11-6-5-7-12-19;1-3-5-6-8(4-2)7-9/h5-7,11-12,18,20H,3-4,8-10,13-17H2,1-2H3,(H,23,27);3-6,9H,1,7H2,2H3/b;6-5-,8-4+. The molecule has 0 bridgehead atoms. The monoisotopic (exact) mass is 526 g/mol. The average molecular weight is 527 g/mol. The van der Waals surface area contributed by atoms with Crippen molar-refractivity contribution in [3.8, 4) is 0 Å². The summed E-state index contributed by atoms with van der Waals surface area (Å²) in [5.74, 6) is 1.89. The average Bonchev–Trinajstić information content (AvgIpc) is 3.37. The molecule has 7 heteroatoms. The number of rotatable bonds is 17. The Labute approximate surface area is 229 Å². The molecule has 1 atom stereocenters. The summed E-state index contributed by atoms with van der Waals surface area (Å²) in [6.07, 6.45) is 15.8. The Morgan fingerprint density at radius 1 is 1.22 bits per heavy atom. The Balaban J connectivity index is 0.000000649. The number of nitrogens with one attached hydrogen (secondary N) is 1. The van der Waals surface area contributed by atoms with Crippen LogP contribution in [0.25, 0.3) is 0 Å². The first-order valence-corrected chi connectivity index (χ1v) is 14.0. The van der Waals surface area contributed by atoms with E-state index in [2.05, 4.69) is 70.5 Å². The van der Waals surface area contributed by atoms with E-state index in [4.69, 9.17) is 4.74 Å². The second-order valence-electron chi connectivity index (χ2n) is 8.67. The van der Waals surface area contributed by atoms with Gasteiger partial charge in [-0.1, -0.05) is 74.6 Å². The zero-order chi connectivity index (χ0) is 27.1. The summed E-state index contributed by atoms with van der Waals surface area (Å²) in [6.45, 7) is 11.9. The molecule has 204 valence electrons. The van der Waals surface area contributed by atoms with E-state index in [1.165, 1.54) is 11.1 Å².